The largest absolute Gasteiger partial charge is 0.481 e. The van der Waals surface area contributed by atoms with Gasteiger partial charge in [0.2, 0.25) is 0 Å². The highest BCUT2D eigenvalue weighted by Gasteiger charge is 2.60. The molecule has 3 aliphatic rings. The molecule has 178 valence electrons. The van der Waals surface area contributed by atoms with Crippen molar-refractivity contribution in [3.05, 3.63) is 53.1 Å². The predicted molar refractivity (Wildman–Crippen MR) is 122 cm³/mol. The molecule has 10 heteroatoms. The summed E-state index contributed by atoms with van der Waals surface area (Å²) in [6, 6.07) is 7.98. The van der Waals surface area contributed by atoms with Crippen LogP contribution in [0.3, 0.4) is 0 Å². The van der Waals surface area contributed by atoms with Gasteiger partial charge in [-0.3, -0.25) is 14.5 Å². The van der Waals surface area contributed by atoms with Crippen LogP contribution in [0.1, 0.15) is 44.1 Å². The maximum Gasteiger partial charge on any atom is 0.414 e. The summed E-state index contributed by atoms with van der Waals surface area (Å²) in [6.07, 6.45) is 0.419. The van der Waals surface area contributed by atoms with E-state index in [4.69, 9.17) is 22.6 Å². The van der Waals surface area contributed by atoms with Crippen LogP contribution in [-0.2, 0) is 16.0 Å². The number of hydrogen-bond donors (Lipinski definition) is 1. The fourth-order valence-corrected chi connectivity index (χ4v) is 5.30. The van der Waals surface area contributed by atoms with Gasteiger partial charge in [-0.25, -0.2) is 0 Å². The minimum atomic E-state index is -4.68. The van der Waals surface area contributed by atoms with E-state index in [1.165, 1.54) is 11.0 Å². The third kappa shape index (κ3) is 4.09. The standard InChI is InChI=1S/C24H22F3N3O3S/c25-24(26,27)19-13-18(10-7-16(19)14-28)29-21(33)23(11-2-12-23)30(22(29)34)17-8-5-15(6-9-17)3-1-4-20(31)32/h5-10,18H,1-4,11-13H2,(H,31,32). The molecule has 1 atom stereocenters. The number of anilines is 1. The van der Waals surface area contributed by atoms with Gasteiger partial charge >= 0.3 is 12.1 Å². The zero-order valence-electron chi connectivity index (χ0n) is 18.1. The summed E-state index contributed by atoms with van der Waals surface area (Å²) in [5.74, 6) is -1.17. The third-order valence-electron chi connectivity index (χ3n) is 6.69. The minimum Gasteiger partial charge on any atom is -0.481 e. The van der Waals surface area contributed by atoms with Gasteiger partial charge < -0.3 is 10.0 Å². The van der Waals surface area contributed by atoms with E-state index < -0.39 is 41.3 Å². The number of alkyl halides is 3. The van der Waals surface area contributed by atoms with E-state index >= 15 is 0 Å². The smallest absolute Gasteiger partial charge is 0.414 e. The number of carbonyl (C=O) groups is 2. The van der Waals surface area contributed by atoms with Gasteiger partial charge in [-0.15, -0.1) is 0 Å². The van der Waals surface area contributed by atoms with Gasteiger partial charge in [0.1, 0.15) is 5.54 Å². The molecule has 1 aromatic carbocycles. The number of thiocarbonyl (C=S) groups is 1. The summed E-state index contributed by atoms with van der Waals surface area (Å²) >= 11 is 5.64. The first kappa shape index (κ1) is 24.0. The Morgan fingerprint density at radius 2 is 1.94 bits per heavy atom. The molecule has 1 aliphatic heterocycles. The number of nitrogens with zero attached hydrogens (tertiary/aromatic N) is 3. The average Bonchev–Trinajstić information content (AvgIpc) is 3.00. The summed E-state index contributed by atoms with van der Waals surface area (Å²) in [6.45, 7) is 0. The van der Waals surface area contributed by atoms with Gasteiger partial charge in [0.25, 0.3) is 5.91 Å². The molecule has 1 unspecified atom stereocenters. The second-order valence-electron chi connectivity index (χ2n) is 8.72. The Morgan fingerprint density at radius 3 is 2.47 bits per heavy atom. The van der Waals surface area contributed by atoms with Gasteiger partial charge in [0, 0.05) is 18.5 Å². The van der Waals surface area contributed by atoms with Crippen LogP contribution in [0.15, 0.2) is 47.6 Å². The first-order valence-corrected chi connectivity index (χ1v) is 11.4. The number of carboxylic acids is 1. The normalized spacial score (nSPS) is 21.8. The van der Waals surface area contributed by atoms with Crippen molar-refractivity contribution in [2.75, 3.05) is 4.90 Å². The number of hydrogen-bond acceptors (Lipinski definition) is 4. The summed E-state index contributed by atoms with van der Waals surface area (Å²) in [4.78, 5) is 27.3. The van der Waals surface area contributed by atoms with E-state index in [2.05, 4.69) is 0 Å². The number of amides is 1. The van der Waals surface area contributed by atoms with E-state index in [-0.39, 0.29) is 17.4 Å². The molecule has 1 saturated carbocycles. The molecule has 2 aliphatic carbocycles. The molecule has 1 heterocycles. The molecule has 1 N–H and O–H groups in total. The Labute approximate surface area is 199 Å². The van der Waals surface area contributed by atoms with Gasteiger partial charge in [-0.1, -0.05) is 18.2 Å². The first-order valence-electron chi connectivity index (χ1n) is 11.0. The van der Waals surface area contributed by atoms with E-state index in [9.17, 15) is 22.8 Å². The maximum atomic E-state index is 13.6. The van der Waals surface area contributed by atoms with Crippen LogP contribution in [0.25, 0.3) is 0 Å². The highest BCUT2D eigenvalue weighted by Crippen LogP contribution is 2.48. The number of aliphatic carboxylic acids is 1. The van der Waals surface area contributed by atoms with Gasteiger partial charge in [0.05, 0.1) is 23.3 Å². The summed E-state index contributed by atoms with van der Waals surface area (Å²) < 4.78 is 40.7. The lowest BCUT2D eigenvalue weighted by Gasteiger charge is -2.43. The average molecular weight is 490 g/mol. The third-order valence-corrected chi connectivity index (χ3v) is 7.07. The fourth-order valence-electron chi connectivity index (χ4n) is 4.80. The lowest BCUT2D eigenvalue weighted by atomic mass is 9.75. The number of carboxylic acid groups (broad SMARTS) is 1. The number of carbonyl (C=O) groups excluding carboxylic acids is 1. The Kier molecular flexibility index (Phi) is 6.25. The molecule has 1 spiro atoms. The number of nitriles is 1. The molecule has 6 nitrogen and oxygen atoms in total. The number of rotatable bonds is 6. The monoisotopic (exact) mass is 489 g/mol. The van der Waals surface area contributed by atoms with Crippen molar-refractivity contribution >= 4 is 34.9 Å². The van der Waals surface area contributed by atoms with Crippen LogP contribution >= 0.6 is 12.2 Å². The second kappa shape index (κ2) is 8.87. The molecule has 1 aromatic rings. The van der Waals surface area contributed by atoms with Gasteiger partial charge in [0.15, 0.2) is 5.11 Å². The zero-order valence-corrected chi connectivity index (χ0v) is 19.0. The quantitative estimate of drug-likeness (QED) is 0.585. The van der Waals surface area contributed by atoms with Crippen molar-refractivity contribution in [3.8, 4) is 6.07 Å². The highest BCUT2D eigenvalue weighted by molar-refractivity contribution is 7.80. The number of benzene rings is 1. The Balaban J connectivity index is 1.60. The van der Waals surface area contributed by atoms with Crippen LogP contribution in [0.4, 0.5) is 18.9 Å². The molecule has 34 heavy (non-hydrogen) atoms. The van der Waals surface area contributed by atoms with Crippen molar-refractivity contribution in [2.45, 2.75) is 62.7 Å². The molecule has 1 saturated heterocycles. The fraction of sp³-hybridized carbons (Fsp3) is 0.417. The molecule has 0 aromatic heterocycles. The van der Waals surface area contributed by atoms with Crippen LogP contribution in [0, 0.1) is 11.3 Å². The molecular weight excluding hydrogens is 467 g/mol. The predicted octanol–water partition coefficient (Wildman–Crippen LogP) is 4.66. The van der Waals surface area contributed by atoms with Crippen molar-refractivity contribution in [1.29, 1.82) is 5.26 Å². The second-order valence-corrected chi connectivity index (χ2v) is 9.09. The van der Waals surface area contributed by atoms with Crippen LogP contribution in [0.5, 0.6) is 0 Å². The van der Waals surface area contributed by atoms with Crippen molar-refractivity contribution in [3.63, 3.8) is 0 Å². The number of allylic oxidation sites excluding steroid dienone is 2. The van der Waals surface area contributed by atoms with Crippen LogP contribution in [0.2, 0.25) is 0 Å². The van der Waals surface area contributed by atoms with Gasteiger partial charge in [-0.2, -0.15) is 18.4 Å². The zero-order chi connectivity index (χ0) is 24.7. The van der Waals surface area contributed by atoms with Crippen LogP contribution in [-0.4, -0.2) is 44.8 Å². The lowest BCUT2D eigenvalue weighted by molar-refractivity contribution is -0.137. The van der Waals surface area contributed by atoms with E-state index in [1.807, 2.05) is 24.3 Å². The summed E-state index contributed by atoms with van der Waals surface area (Å²) in [7, 11) is 0. The number of halogens is 3. The first-order chi connectivity index (χ1) is 16.1. The number of aryl methyl sites for hydroxylation is 1. The summed E-state index contributed by atoms with van der Waals surface area (Å²) in [5, 5.41) is 18.1. The Bertz CT molecular complexity index is 1130. The van der Waals surface area contributed by atoms with Crippen molar-refractivity contribution in [2.24, 2.45) is 0 Å². The Morgan fingerprint density at radius 1 is 1.26 bits per heavy atom. The molecule has 2 fully saturated rings. The van der Waals surface area contributed by atoms with Crippen LogP contribution < -0.4 is 4.90 Å². The molecule has 0 bridgehead atoms. The van der Waals surface area contributed by atoms with Gasteiger partial charge in [-0.05, 0) is 68.1 Å². The SMILES string of the molecule is N#CC1=C(C(F)(F)F)CC(N2C(=O)C3(CCC3)N(c3ccc(CCCC(=O)O)cc3)C2=S)C=C1. The molecule has 1 amide bonds. The van der Waals surface area contributed by atoms with Crippen molar-refractivity contribution in [1.82, 2.24) is 4.90 Å². The molecule has 4 rings (SSSR count). The highest BCUT2D eigenvalue weighted by atomic mass is 32.1. The molecule has 0 radical (unpaired) electrons. The minimum absolute atomic E-state index is 0.0708. The topological polar surface area (TPSA) is 84.6 Å². The van der Waals surface area contributed by atoms with E-state index in [0.717, 1.165) is 18.1 Å². The van der Waals surface area contributed by atoms with Crippen molar-refractivity contribution < 1.29 is 27.9 Å². The Hall–Kier alpha value is -3.19. The maximum absolute atomic E-state index is 13.6. The lowest BCUT2D eigenvalue weighted by Crippen LogP contribution is -2.55. The van der Waals surface area contributed by atoms with E-state index in [1.54, 1.807) is 11.0 Å². The molecular formula is C24H22F3N3O3S. The van der Waals surface area contributed by atoms with E-state index in [0.29, 0.717) is 31.4 Å². The summed E-state index contributed by atoms with van der Waals surface area (Å²) in [5.41, 5.74) is -0.695.